The summed E-state index contributed by atoms with van der Waals surface area (Å²) in [4.78, 5) is 43.6. The number of nitrogens with zero attached hydrogens (tertiary/aromatic N) is 3. The summed E-state index contributed by atoms with van der Waals surface area (Å²) in [6.45, 7) is 0. The number of allylic oxidation sites excluding steroid dienone is 4. The number of rotatable bonds is 5. The normalized spacial score (nSPS) is 12.3. The monoisotopic (exact) mass is 425 g/mol. The van der Waals surface area contributed by atoms with Crippen molar-refractivity contribution in [2.75, 3.05) is 0 Å². The Morgan fingerprint density at radius 2 is 1.37 bits per heavy atom. The second-order valence-electron chi connectivity index (χ2n) is 5.74. The van der Waals surface area contributed by atoms with Crippen LogP contribution in [0.2, 0.25) is 5.02 Å². The Balaban J connectivity index is 1.57. The Labute approximate surface area is 174 Å². The number of oxime groups is 2. The highest BCUT2D eigenvalue weighted by molar-refractivity contribution is 6.33. The van der Waals surface area contributed by atoms with Crippen molar-refractivity contribution in [2.45, 2.75) is 0 Å². The second-order valence-corrected chi connectivity index (χ2v) is 6.15. The van der Waals surface area contributed by atoms with E-state index in [0.29, 0.717) is 11.4 Å². The summed E-state index contributed by atoms with van der Waals surface area (Å²) in [5.74, 6) is -1.47. The molecule has 0 fully saturated rings. The van der Waals surface area contributed by atoms with Gasteiger partial charge in [0.25, 0.3) is 5.69 Å². The topological polar surface area (TPSA) is 120 Å². The number of nitro groups is 1. The van der Waals surface area contributed by atoms with Gasteiger partial charge in [-0.15, -0.1) is 0 Å². The molecule has 1 aliphatic rings. The fraction of sp³-hybridized carbons (Fsp3) is 0. The van der Waals surface area contributed by atoms with Crippen LogP contribution in [-0.2, 0) is 9.68 Å². The van der Waals surface area contributed by atoms with E-state index in [4.69, 9.17) is 21.3 Å². The maximum atomic E-state index is 12.0. The minimum absolute atomic E-state index is 0.113. The van der Waals surface area contributed by atoms with E-state index in [9.17, 15) is 19.7 Å². The van der Waals surface area contributed by atoms with E-state index < -0.39 is 16.9 Å². The number of nitro benzene ring substituents is 1. The molecule has 1 aliphatic carbocycles. The molecule has 2 aromatic carbocycles. The number of hydrogen-bond acceptors (Lipinski definition) is 8. The fourth-order valence-electron chi connectivity index (χ4n) is 2.21. The van der Waals surface area contributed by atoms with Crippen LogP contribution in [0.1, 0.15) is 20.7 Å². The largest absolute Gasteiger partial charge is 0.367 e. The van der Waals surface area contributed by atoms with Crippen LogP contribution in [0.15, 0.2) is 83.1 Å². The molecule has 150 valence electrons. The quantitative estimate of drug-likeness (QED) is 0.308. The molecule has 10 heteroatoms. The average molecular weight is 426 g/mol. The van der Waals surface area contributed by atoms with E-state index in [-0.39, 0.29) is 21.8 Å². The van der Waals surface area contributed by atoms with Crippen LogP contribution in [0.5, 0.6) is 0 Å². The molecular weight excluding hydrogens is 414 g/mol. The molecular formula is C20H12ClN3O6. The summed E-state index contributed by atoms with van der Waals surface area (Å²) >= 11 is 5.92. The number of carbonyl (C=O) groups is 2. The predicted molar refractivity (Wildman–Crippen MR) is 109 cm³/mol. The maximum absolute atomic E-state index is 12.0. The van der Waals surface area contributed by atoms with Gasteiger partial charge in [0, 0.05) is 12.1 Å². The Morgan fingerprint density at radius 1 is 0.833 bits per heavy atom. The van der Waals surface area contributed by atoms with Gasteiger partial charge >= 0.3 is 11.9 Å². The molecule has 2 aromatic rings. The van der Waals surface area contributed by atoms with E-state index in [1.165, 1.54) is 54.6 Å². The van der Waals surface area contributed by atoms with Crippen molar-refractivity contribution >= 4 is 40.7 Å². The molecule has 0 aromatic heterocycles. The van der Waals surface area contributed by atoms with Gasteiger partial charge in [-0.3, -0.25) is 10.1 Å². The molecule has 0 aliphatic heterocycles. The third kappa shape index (κ3) is 5.24. The Bertz CT molecular complexity index is 1100. The lowest BCUT2D eigenvalue weighted by molar-refractivity contribution is -0.384. The van der Waals surface area contributed by atoms with Crippen molar-refractivity contribution in [3.63, 3.8) is 0 Å². The summed E-state index contributed by atoms with van der Waals surface area (Å²) < 4.78 is 0. The lowest BCUT2D eigenvalue weighted by Gasteiger charge is -2.03. The Kier molecular flexibility index (Phi) is 6.46. The zero-order valence-electron chi connectivity index (χ0n) is 15.1. The minimum atomic E-state index is -0.771. The summed E-state index contributed by atoms with van der Waals surface area (Å²) in [7, 11) is 0. The number of non-ortho nitro benzene ring substituents is 1. The molecule has 0 bridgehead atoms. The SMILES string of the molecule is O=C(ON=C1C=CC(=NOC(=O)c2ccccc2Cl)C=C1)c1ccc([N+](=O)[O-])cc1. The van der Waals surface area contributed by atoms with Crippen LogP contribution in [0.25, 0.3) is 0 Å². The fourth-order valence-corrected chi connectivity index (χ4v) is 2.42. The van der Waals surface area contributed by atoms with Gasteiger partial charge in [0.05, 0.1) is 21.1 Å². The number of carbonyl (C=O) groups excluding carboxylic acids is 2. The van der Waals surface area contributed by atoms with Crippen molar-refractivity contribution in [3.05, 3.63) is 99.1 Å². The van der Waals surface area contributed by atoms with Gasteiger partial charge in [0.1, 0.15) is 11.4 Å². The summed E-state index contributed by atoms with van der Waals surface area (Å²) in [5, 5.41) is 18.3. The van der Waals surface area contributed by atoms with Crippen LogP contribution < -0.4 is 0 Å². The van der Waals surface area contributed by atoms with Crippen molar-refractivity contribution in [1.29, 1.82) is 0 Å². The molecule has 0 saturated carbocycles. The van der Waals surface area contributed by atoms with Crippen LogP contribution in [0.4, 0.5) is 5.69 Å². The van der Waals surface area contributed by atoms with Crippen molar-refractivity contribution < 1.29 is 24.2 Å². The van der Waals surface area contributed by atoms with E-state index >= 15 is 0 Å². The molecule has 0 spiro atoms. The van der Waals surface area contributed by atoms with Gasteiger partial charge in [0.2, 0.25) is 0 Å². The lowest BCUT2D eigenvalue weighted by Crippen LogP contribution is -2.07. The summed E-state index contributed by atoms with van der Waals surface area (Å²) in [6.07, 6.45) is 5.98. The molecule has 0 heterocycles. The number of hydrogen-bond donors (Lipinski definition) is 0. The highest BCUT2D eigenvalue weighted by Crippen LogP contribution is 2.16. The number of halogens is 1. The molecule has 0 radical (unpaired) electrons. The summed E-state index contributed by atoms with van der Waals surface area (Å²) in [5.41, 5.74) is 0.797. The summed E-state index contributed by atoms with van der Waals surface area (Å²) in [6, 6.07) is 11.3. The highest BCUT2D eigenvalue weighted by Gasteiger charge is 2.13. The standard InChI is InChI=1S/C20H12ClN3O6/c21-18-4-2-1-3-17(18)20(26)30-23-15-9-7-14(8-10-15)22-29-19(25)13-5-11-16(12-6-13)24(27)28/h1-12H. The van der Waals surface area contributed by atoms with Crippen molar-refractivity contribution in [1.82, 2.24) is 0 Å². The van der Waals surface area contributed by atoms with Gasteiger partial charge in [-0.25, -0.2) is 9.59 Å². The van der Waals surface area contributed by atoms with Crippen LogP contribution in [-0.4, -0.2) is 28.3 Å². The van der Waals surface area contributed by atoms with Crippen LogP contribution in [0, 0.1) is 10.1 Å². The Hall–Kier alpha value is -4.11. The van der Waals surface area contributed by atoms with Crippen LogP contribution >= 0.6 is 11.6 Å². The van der Waals surface area contributed by atoms with Gasteiger partial charge < -0.3 is 9.68 Å². The molecule has 9 nitrogen and oxygen atoms in total. The van der Waals surface area contributed by atoms with E-state index in [1.807, 2.05) is 0 Å². The third-order valence-electron chi connectivity index (χ3n) is 3.73. The molecule has 3 rings (SSSR count). The average Bonchev–Trinajstić information content (AvgIpc) is 2.77. The minimum Gasteiger partial charge on any atom is -0.312 e. The zero-order valence-corrected chi connectivity index (χ0v) is 15.9. The first kappa shape index (κ1) is 20.6. The molecule has 0 unspecified atom stereocenters. The second kappa shape index (κ2) is 9.39. The molecule has 30 heavy (non-hydrogen) atoms. The van der Waals surface area contributed by atoms with E-state index in [1.54, 1.807) is 18.2 Å². The maximum Gasteiger partial charge on any atom is 0.367 e. The molecule has 0 atom stereocenters. The van der Waals surface area contributed by atoms with Gasteiger partial charge in [-0.1, -0.05) is 34.0 Å². The first-order valence-corrected chi connectivity index (χ1v) is 8.75. The van der Waals surface area contributed by atoms with Crippen molar-refractivity contribution in [2.24, 2.45) is 10.3 Å². The molecule has 0 amide bonds. The lowest BCUT2D eigenvalue weighted by atomic mass is 10.1. The smallest absolute Gasteiger partial charge is 0.312 e. The van der Waals surface area contributed by atoms with Gasteiger partial charge in [-0.2, -0.15) is 0 Å². The highest BCUT2D eigenvalue weighted by atomic mass is 35.5. The van der Waals surface area contributed by atoms with Crippen LogP contribution in [0.3, 0.4) is 0 Å². The van der Waals surface area contributed by atoms with E-state index in [2.05, 4.69) is 10.3 Å². The van der Waals surface area contributed by atoms with Gasteiger partial charge in [0.15, 0.2) is 0 Å². The third-order valence-corrected chi connectivity index (χ3v) is 4.05. The van der Waals surface area contributed by atoms with Gasteiger partial charge in [-0.05, 0) is 48.6 Å². The Morgan fingerprint density at radius 3 is 1.90 bits per heavy atom. The first-order chi connectivity index (χ1) is 14.4. The first-order valence-electron chi connectivity index (χ1n) is 8.38. The number of benzene rings is 2. The van der Waals surface area contributed by atoms with Crippen molar-refractivity contribution in [3.8, 4) is 0 Å². The molecule has 0 N–H and O–H groups in total. The predicted octanol–water partition coefficient (Wildman–Crippen LogP) is 4.10. The van der Waals surface area contributed by atoms with E-state index in [0.717, 1.165) is 0 Å². The zero-order chi connectivity index (χ0) is 21.5. The molecule has 0 saturated heterocycles.